The third kappa shape index (κ3) is 4.14. The van der Waals surface area contributed by atoms with Gasteiger partial charge in [0.2, 0.25) is 0 Å². The molecule has 5 nitrogen and oxygen atoms in total. The van der Waals surface area contributed by atoms with Crippen molar-refractivity contribution in [2.75, 3.05) is 26.8 Å². The number of carbonyl (C=O) groups excluding carboxylic acids is 1. The van der Waals surface area contributed by atoms with Gasteiger partial charge >= 0.3 is 0 Å². The topological polar surface area (TPSA) is 64.8 Å². The van der Waals surface area contributed by atoms with Gasteiger partial charge in [0, 0.05) is 18.2 Å². The fourth-order valence-electron chi connectivity index (χ4n) is 3.00. The average Bonchev–Trinajstić information content (AvgIpc) is 2.93. The number of benzene rings is 1. The van der Waals surface area contributed by atoms with Crippen LogP contribution in [0, 0.1) is 11.8 Å². The molecule has 0 bridgehead atoms. The maximum absolute atomic E-state index is 12.8. The first kappa shape index (κ1) is 18.9. The van der Waals surface area contributed by atoms with Crippen molar-refractivity contribution in [3.05, 3.63) is 22.7 Å². The highest BCUT2D eigenvalue weighted by atomic mass is 35.5. The number of likely N-dealkylation sites (tertiary alicyclic amines) is 1. The molecule has 0 aromatic heterocycles. The Labute approximate surface area is 149 Å². The summed E-state index contributed by atoms with van der Waals surface area (Å²) in [6, 6.07) is 3.53. The first-order valence-corrected chi connectivity index (χ1v) is 8.76. The monoisotopic (exact) mass is 354 g/mol. The first-order chi connectivity index (χ1) is 11.4. The van der Waals surface area contributed by atoms with Crippen LogP contribution in [0.4, 0.5) is 0 Å². The number of hydrogen-bond donors (Lipinski definition) is 1. The molecular weight excluding hydrogens is 328 g/mol. The van der Waals surface area contributed by atoms with Crippen LogP contribution >= 0.6 is 11.6 Å². The van der Waals surface area contributed by atoms with Crippen molar-refractivity contribution < 1.29 is 14.3 Å². The second-order valence-corrected chi connectivity index (χ2v) is 7.25. The second-order valence-electron chi connectivity index (χ2n) is 6.84. The molecular formula is C18H27ClN2O3. The molecule has 2 unspecified atom stereocenters. The van der Waals surface area contributed by atoms with E-state index in [4.69, 9.17) is 26.8 Å². The van der Waals surface area contributed by atoms with E-state index in [9.17, 15) is 4.79 Å². The molecule has 2 rings (SSSR count). The van der Waals surface area contributed by atoms with Crippen LogP contribution in [0.1, 0.15) is 37.6 Å². The Morgan fingerprint density at radius 2 is 2.17 bits per heavy atom. The van der Waals surface area contributed by atoms with Crippen LogP contribution in [0.3, 0.4) is 0 Å². The van der Waals surface area contributed by atoms with E-state index in [-0.39, 0.29) is 11.9 Å². The number of nitrogens with two attached hydrogens (primary N) is 1. The van der Waals surface area contributed by atoms with Crippen LogP contribution in [0.15, 0.2) is 12.1 Å². The van der Waals surface area contributed by atoms with Gasteiger partial charge in [-0.2, -0.15) is 0 Å². The van der Waals surface area contributed by atoms with Crippen LogP contribution < -0.4 is 15.2 Å². The third-order valence-corrected chi connectivity index (χ3v) is 4.57. The number of hydrogen-bond acceptors (Lipinski definition) is 4. The summed E-state index contributed by atoms with van der Waals surface area (Å²) in [6.07, 6.45) is 0.933. The predicted molar refractivity (Wildman–Crippen MR) is 96.0 cm³/mol. The maximum atomic E-state index is 12.8. The lowest BCUT2D eigenvalue weighted by Crippen LogP contribution is -2.34. The van der Waals surface area contributed by atoms with Crippen molar-refractivity contribution in [2.45, 2.75) is 33.2 Å². The van der Waals surface area contributed by atoms with E-state index in [1.807, 2.05) is 11.8 Å². The lowest BCUT2D eigenvalue weighted by Gasteiger charge is -2.22. The largest absolute Gasteiger partial charge is 0.493 e. The molecule has 24 heavy (non-hydrogen) atoms. The Kier molecular flexibility index (Phi) is 6.35. The van der Waals surface area contributed by atoms with Crippen molar-refractivity contribution in [3.63, 3.8) is 0 Å². The number of carbonyl (C=O) groups is 1. The van der Waals surface area contributed by atoms with E-state index in [0.29, 0.717) is 53.6 Å². The minimum atomic E-state index is -0.0472. The van der Waals surface area contributed by atoms with Gasteiger partial charge in [-0.25, -0.2) is 0 Å². The van der Waals surface area contributed by atoms with Crippen LogP contribution in [-0.2, 0) is 0 Å². The molecule has 0 aliphatic carbocycles. The normalized spacial score (nSPS) is 20.5. The maximum Gasteiger partial charge on any atom is 0.254 e. The molecule has 1 saturated heterocycles. The van der Waals surface area contributed by atoms with E-state index >= 15 is 0 Å². The van der Waals surface area contributed by atoms with Crippen molar-refractivity contribution >= 4 is 17.5 Å². The van der Waals surface area contributed by atoms with Gasteiger partial charge in [-0.1, -0.05) is 25.4 Å². The van der Waals surface area contributed by atoms with Crippen LogP contribution in [0.2, 0.25) is 5.02 Å². The van der Waals surface area contributed by atoms with Gasteiger partial charge in [0.1, 0.15) is 0 Å². The zero-order valence-electron chi connectivity index (χ0n) is 14.8. The SMILES string of the molecule is COc1cc(C(=O)N2CC(CN)CC2C)cc(Cl)c1OCC(C)C. The molecule has 2 N–H and O–H groups in total. The number of ether oxygens (including phenoxy) is 2. The quantitative estimate of drug-likeness (QED) is 0.852. The molecule has 0 spiro atoms. The summed E-state index contributed by atoms with van der Waals surface area (Å²) in [6.45, 7) is 7.97. The Morgan fingerprint density at radius 1 is 1.46 bits per heavy atom. The number of amides is 1. The fraction of sp³-hybridized carbons (Fsp3) is 0.611. The minimum absolute atomic E-state index is 0.0472. The lowest BCUT2D eigenvalue weighted by molar-refractivity contribution is 0.0743. The number of methoxy groups -OCH3 is 1. The summed E-state index contributed by atoms with van der Waals surface area (Å²) in [7, 11) is 1.55. The van der Waals surface area contributed by atoms with Crippen LogP contribution in [-0.4, -0.2) is 43.7 Å². The summed E-state index contributed by atoms with van der Waals surface area (Å²) >= 11 is 6.34. The average molecular weight is 355 g/mol. The van der Waals surface area contributed by atoms with Crippen molar-refractivity contribution in [2.24, 2.45) is 17.6 Å². The molecule has 1 fully saturated rings. The zero-order valence-corrected chi connectivity index (χ0v) is 15.6. The van der Waals surface area contributed by atoms with Crippen molar-refractivity contribution in [3.8, 4) is 11.5 Å². The van der Waals surface area contributed by atoms with Gasteiger partial charge in [0.25, 0.3) is 5.91 Å². The molecule has 1 aliphatic heterocycles. The van der Waals surface area contributed by atoms with E-state index in [1.54, 1.807) is 19.2 Å². The van der Waals surface area contributed by atoms with Crippen molar-refractivity contribution in [1.29, 1.82) is 0 Å². The lowest BCUT2D eigenvalue weighted by atomic mass is 10.1. The molecule has 2 atom stereocenters. The Morgan fingerprint density at radius 3 is 2.71 bits per heavy atom. The predicted octanol–water partition coefficient (Wildman–Crippen LogP) is 3.19. The smallest absolute Gasteiger partial charge is 0.254 e. The number of rotatable bonds is 6. The Hall–Kier alpha value is -1.46. The summed E-state index contributed by atoms with van der Waals surface area (Å²) in [4.78, 5) is 14.7. The Bertz CT molecular complexity index is 592. The summed E-state index contributed by atoms with van der Waals surface area (Å²) in [5.74, 6) is 1.64. The number of halogens is 1. The second kappa shape index (κ2) is 8.08. The highest BCUT2D eigenvalue weighted by molar-refractivity contribution is 6.32. The van der Waals surface area contributed by atoms with Crippen LogP contribution in [0.25, 0.3) is 0 Å². The molecule has 1 amide bonds. The Balaban J connectivity index is 2.25. The van der Waals surface area contributed by atoms with E-state index in [1.165, 1.54) is 0 Å². The van der Waals surface area contributed by atoms with Crippen molar-refractivity contribution in [1.82, 2.24) is 4.90 Å². The highest BCUT2D eigenvalue weighted by Gasteiger charge is 2.32. The van der Waals surface area contributed by atoms with Gasteiger partial charge in [-0.3, -0.25) is 4.79 Å². The minimum Gasteiger partial charge on any atom is -0.493 e. The number of nitrogens with zero attached hydrogens (tertiary/aromatic N) is 1. The van der Waals surface area contributed by atoms with Gasteiger partial charge in [-0.15, -0.1) is 0 Å². The molecule has 134 valence electrons. The van der Waals surface area contributed by atoms with E-state index < -0.39 is 0 Å². The van der Waals surface area contributed by atoms with Gasteiger partial charge in [-0.05, 0) is 43.9 Å². The zero-order chi connectivity index (χ0) is 17.9. The summed E-state index contributed by atoms with van der Waals surface area (Å²) in [5.41, 5.74) is 6.26. The standard InChI is InChI=1S/C18H27ClN2O3/c1-11(2)10-24-17-15(19)6-14(7-16(17)23-4)18(22)21-9-13(8-20)5-12(21)3/h6-7,11-13H,5,8-10,20H2,1-4H3. The summed E-state index contributed by atoms with van der Waals surface area (Å²) < 4.78 is 11.1. The molecule has 0 radical (unpaired) electrons. The van der Waals surface area contributed by atoms with E-state index in [2.05, 4.69) is 13.8 Å². The molecule has 0 saturated carbocycles. The fourth-order valence-corrected chi connectivity index (χ4v) is 3.26. The third-order valence-electron chi connectivity index (χ3n) is 4.29. The van der Waals surface area contributed by atoms with Crippen LogP contribution in [0.5, 0.6) is 11.5 Å². The molecule has 1 heterocycles. The van der Waals surface area contributed by atoms with Gasteiger partial charge < -0.3 is 20.1 Å². The van der Waals surface area contributed by atoms with Gasteiger partial charge in [0.05, 0.1) is 18.7 Å². The van der Waals surface area contributed by atoms with E-state index in [0.717, 1.165) is 6.42 Å². The molecule has 1 aromatic rings. The highest BCUT2D eigenvalue weighted by Crippen LogP contribution is 2.37. The molecule has 1 aliphatic rings. The van der Waals surface area contributed by atoms with Gasteiger partial charge in [0.15, 0.2) is 11.5 Å². The summed E-state index contributed by atoms with van der Waals surface area (Å²) in [5, 5.41) is 0.389. The molecule has 6 heteroatoms. The first-order valence-electron chi connectivity index (χ1n) is 8.38. The molecule has 1 aromatic carbocycles.